The van der Waals surface area contributed by atoms with Crippen LogP contribution in [0.5, 0.6) is 17.2 Å². The molecule has 0 saturated heterocycles. The van der Waals surface area contributed by atoms with Crippen LogP contribution < -0.4 is 14.2 Å². The number of methoxy groups -OCH3 is 1. The first-order chi connectivity index (χ1) is 19.2. The zero-order valence-electron chi connectivity index (χ0n) is 22.5. The monoisotopic (exact) mass is 575 g/mol. The summed E-state index contributed by atoms with van der Waals surface area (Å²) in [6.07, 6.45) is 2.50. The van der Waals surface area contributed by atoms with Gasteiger partial charge in [0, 0.05) is 24.4 Å². The van der Waals surface area contributed by atoms with Gasteiger partial charge in [-0.25, -0.2) is 18.1 Å². The number of ether oxygens (including phenoxy) is 2. The molecule has 206 valence electrons. The largest absolute Gasteiger partial charge is 0.497 e. The Morgan fingerprint density at radius 3 is 2.38 bits per heavy atom. The van der Waals surface area contributed by atoms with Crippen LogP contribution in [0.15, 0.2) is 96.0 Å². The highest BCUT2D eigenvalue weighted by atomic mass is 35.5. The third kappa shape index (κ3) is 5.99. The zero-order valence-corrected chi connectivity index (χ0v) is 24.0. The molecule has 40 heavy (non-hydrogen) atoms. The molecule has 0 radical (unpaired) electrons. The van der Waals surface area contributed by atoms with E-state index in [0.29, 0.717) is 28.6 Å². The average Bonchev–Trinajstić information content (AvgIpc) is 3.35. The van der Waals surface area contributed by atoms with E-state index in [9.17, 15) is 8.42 Å². The second kappa shape index (κ2) is 11.7. The van der Waals surface area contributed by atoms with Crippen molar-refractivity contribution in [1.29, 1.82) is 0 Å². The van der Waals surface area contributed by atoms with Gasteiger partial charge in [-0.2, -0.15) is 0 Å². The minimum Gasteiger partial charge on any atom is -0.497 e. The molecular weight excluding hydrogens is 546 g/mol. The minimum absolute atomic E-state index is 0.134. The fourth-order valence-electron chi connectivity index (χ4n) is 4.49. The molecule has 5 rings (SSSR count). The maximum atomic E-state index is 13.0. The molecule has 0 saturated carbocycles. The van der Waals surface area contributed by atoms with Crippen LogP contribution in [0.25, 0.3) is 16.9 Å². The van der Waals surface area contributed by atoms with Crippen molar-refractivity contribution in [1.82, 2.24) is 14.1 Å². The van der Waals surface area contributed by atoms with Crippen LogP contribution >= 0.6 is 11.6 Å². The molecule has 0 spiro atoms. The van der Waals surface area contributed by atoms with E-state index in [0.717, 1.165) is 28.3 Å². The third-order valence-electron chi connectivity index (χ3n) is 6.50. The summed E-state index contributed by atoms with van der Waals surface area (Å²) in [5, 5.41) is 0.582. The number of aromatic nitrogens is 2. The lowest BCUT2D eigenvalue weighted by atomic mass is 10.0. The number of imidazole rings is 1. The van der Waals surface area contributed by atoms with E-state index in [1.807, 2.05) is 71.3 Å². The summed E-state index contributed by atoms with van der Waals surface area (Å²) in [5.41, 5.74) is 4.50. The fourth-order valence-corrected chi connectivity index (χ4v) is 5.77. The normalized spacial score (nSPS) is 11.7. The molecule has 9 heteroatoms. The lowest BCUT2D eigenvalue weighted by Crippen LogP contribution is -2.26. The van der Waals surface area contributed by atoms with Gasteiger partial charge in [-0.3, -0.25) is 4.40 Å². The van der Waals surface area contributed by atoms with Crippen molar-refractivity contribution in [2.45, 2.75) is 31.1 Å². The number of sulfonamides is 1. The van der Waals surface area contributed by atoms with E-state index >= 15 is 0 Å². The number of fused-ring (bicyclic) bond motifs is 1. The van der Waals surface area contributed by atoms with Crippen molar-refractivity contribution in [3.8, 4) is 28.5 Å². The van der Waals surface area contributed by atoms with Gasteiger partial charge in [0.1, 0.15) is 17.2 Å². The highest BCUT2D eigenvalue weighted by molar-refractivity contribution is 7.89. The van der Waals surface area contributed by atoms with Gasteiger partial charge in [0.05, 0.1) is 28.4 Å². The van der Waals surface area contributed by atoms with Crippen LogP contribution in [0, 0.1) is 0 Å². The van der Waals surface area contributed by atoms with Crippen molar-refractivity contribution in [2.24, 2.45) is 0 Å². The summed E-state index contributed by atoms with van der Waals surface area (Å²) in [6, 6.07) is 25.4. The summed E-state index contributed by atoms with van der Waals surface area (Å²) in [6.45, 7) is 4.45. The van der Waals surface area contributed by atoms with Gasteiger partial charge in [0.25, 0.3) is 0 Å². The van der Waals surface area contributed by atoms with E-state index in [1.165, 1.54) is 6.07 Å². The first-order valence-electron chi connectivity index (χ1n) is 12.9. The maximum Gasteiger partial charge on any atom is 0.240 e. The molecule has 2 aromatic heterocycles. The Kier molecular flexibility index (Phi) is 8.12. The summed E-state index contributed by atoms with van der Waals surface area (Å²) in [4.78, 5) is 4.94. The van der Waals surface area contributed by atoms with Crippen LogP contribution in [0.1, 0.15) is 31.0 Å². The van der Waals surface area contributed by atoms with Crippen molar-refractivity contribution < 1.29 is 17.9 Å². The second-order valence-electron chi connectivity index (χ2n) is 9.65. The standard InChI is InChI=1S/C31H30ClN3O4S/c1-21(2)29-30(35-18-6-11-28(32)31(35)34-29)23-7-4-8-25(19-23)39-26-9-5-10-27(20-26)40(36,37)33-17-16-22-12-14-24(38-3)15-13-22/h4-15,18-21,33H,16-17H2,1-3H3. The molecule has 5 aromatic rings. The molecule has 0 atom stereocenters. The zero-order chi connectivity index (χ0) is 28.3. The van der Waals surface area contributed by atoms with Crippen LogP contribution in [0.4, 0.5) is 0 Å². The fraction of sp³-hybridized carbons (Fsp3) is 0.194. The number of hydrogen-bond acceptors (Lipinski definition) is 5. The van der Waals surface area contributed by atoms with Crippen LogP contribution in [0.3, 0.4) is 0 Å². The second-order valence-corrected chi connectivity index (χ2v) is 11.8. The number of rotatable bonds is 10. The van der Waals surface area contributed by atoms with Crippen LogP contribution in [-0.2, 0) is 16.4 Å². The Morgan fingerprint density at radius 2 is 1.65 bits per heavy atom. The lowest BCUT2D eigenvalue weighted by Gasteiger charge is -2.12. The smallest absolute Gasteiger partial charge is 0.240 e. The highest BCUT2D eigenvalue weighted by Gasteiger charge is 2.19. The Labute approximate surface area is 239 Å². The number of hydrogen-bond donors (Lipinski definition) is 1. The topological polar surface area (TPSA) is 81.9 Å². The third-order valence-corrected chi connectivity index (χ3v) is 8.25. The number of nitrogens with zero attached hydrogens (tertiary/aromatic N) is 2. The molecule has 7 nitrogen and oxygen atoms in total. The molecule has 0 fully saturated rings. The van der Waals surface area contributed by atoms with Gasteiger partial charge in [-0.1, -0.05) is 55.8 Å². The van der Waals surface area contributed by atoms with E-state index in [1.54, 1.807) is 25.3 Å². The number of halogens is 1. The molecule has 0 bridgehead atoms. The molecule has 2 heterocycles. The van der Waals surface area contributed by atoms with Gasteiger partial charge in [-0.15, -0.1) is 0 Å². The number of nitrogens with one attached hydrogen (secondary N) is 1. The predicted octanol–water partition coefficient (Wildman–Crippen LogP) is 7.10. The van der Waals surface area contributed by atoms with Crippen molar-refractivity contribution in [2.75, 3.05) is 13.7 Å². The summed E-state index contributed by atoms with van der Waals surface area (Å²) in [5.74, 6) is 1.93. The van der Waals surface area contributed by atoms with Gasteiger partial charge in [0.2, 0.25) is 10.0 Å². The van der Waals surface area contributed by atoms with E-state index in [-0.39, 0.29) is 17.4 Å². The van der Waals surface area contributed by atoms with Crippen molar-refractivity contribution >= 4 is 27.3 Å². The summed E-state index contributed by atoms with van der Waals surface area (Å²) < 4.78 is 41.9. The average molecular weight is 576 g/mol. The van der Waals surface area contributed by atoms with E-state index in [4.69, 9.17) is 26.1 Å². The molecule has 0 aliphatic carbocycles. The molecule has 0 aliphatic heterocycles. The summed E-state index contributed by atoms with van der Waals surface area (Å²) in [7, 11) is -2.11. The maximum absolute atomic E-state index is 13.0. The molecule has 0 amide bonds. The molecule has 0 aliphatic rings. The van der Waals surface area contributed by atoms with Crippen molar-refractivity contribution in [3.63, 3.8) is 0 Å². The van der Waals surface area contributed by atoms with Gasteiger partial charge >= 0.3 is 0 Å². The van der Waals surface area contributed by atoms with Gasteiger partial charge < -0.3 is 9.47 Å². The quantitative estimate of drug-likeness (QED) is 0.192. The van der Waals surface area contributed by atoms with Crippen LogP contribution in [0.2, 0.25) is 5.02 Å². The molecule has 1 N–H and O–H groups in total. The van der Waals surface area contributed by atoms with Crippen LogP contribution in [-0.4, -0.2) is 31.5 Å². The summed E-state index contributed by atoms with van der Waals surface area (Å²) >= 11 is 6.43. The minimum atomic E-state index is -3.72. The first-order valence-corrected chi connectivity index (χ1v) is 14.8. The number of benzene rings is 3. The van der Waals surface area contributed by atoms with E-state index < -0.39 is 10.0 Å². The molecule has 3 aromatic carbocycles. The highest BCUT2D eigenvalue weighted by Crippen LogP contribution is 2.35. The van der Waals surface area contributed by atoms with Gasteiger partial charge in [0.15, 0.2) is 5.65 Å². The SMILES string of the molecule is COc1ccc(CCNS(=O)(=O)c2cccc(Oc3cccc(-c4c(C(C)C)nc5c(Cl)cccn45)c3)c2)cc1. The Morgan fingerprint density at radius 1 is 0.925 bits per heavy atom. The lowest BCUT2D eigenvalue weighted by molar-refractivity contribution is 0.414. The first kappa shape index (κ1) is 27.7. The Bertz CT molecular complexity index is 1750. The van der Waals surface area contributed by atoms with Crippen molar-refractivity contribution in [3.05, 3.63) is 107 Å². The molecular formula is C31H30ClN3O4S. The van der Waals surface area contributed by atoms with Gasteiger partial charge in [-0.05, 0) is 66.4 Å². The number of pyridine rings is 1. The van der Waals surface area contributed by atoms with E-state index in [2.05, 4.69) is 18.6 Å². The molecule has 0 unspecified atom stereocenters. The Balaban J connectivity index is 1.34. The predicted molar refractivity (Wildman–Crippen MR) is 158 cm³/mol. The Hall–Kier alpha value is -3.85.